The van der Waals surface area contributed by atoms with Gasteiger partial charge in [0, 0.05) is 26.0 Å². The van der Waals surface area contributed by atoms with Crippen LogP contribution in [0.2, 0.25) is 0 Å². The van der Waals surface area contributed by atoms with E-state index in [1.807, 2.05) is 25.1 Å². The maximum atomic E-state index is 11.5. The summed E-state index contributed by atoms with van der Waals surface area (Å²) in [7, 11) is -1.22. The molecule has 0 amide bonds. The standard InChI is InChI=1S/C14H23NO3S/c1-3-8-19(16,17)9-7-15-11-13-5-4-6-14(10-13)12-18-2/h4-6,10,15H,3,7-9,11-12H2,1-2H3. The van der Waals surface area contributed by atoms with Gasteiger partial charge in [0.05, 0.1) is 12.4 Å². The quantitative estimate of drug-likeness (QED) is 0.702. The monoisotopic (exact) mass is 285 g/mol. The van der Waals surface area contributed by atoms with Crippen molar-refractivity contribution in [2.24, 2.45) is 0 Å². The molecule has 0 aliphatic heterocycles. The molecule has 0 saturated heterocycles. The minimum Gasteiger partial charge on any atom is -0.380 e. The molecule has 0 radical (unpaired) electrons. The first-order chi connectivity index (χ1) is 9.07. The van der Waals surface area contributed by atoms with Crippen LogP contribution in [0.3, 0.4) is 0 Å². The van der Waals surface area contributed by atoms with Gasteiger partial charge in [-0.2, -0.15) is 0 Å². The van der Waals surface area contributed by atoms with Crippen molar-refractivity contribution in [3.63, 3.8) is 0 Å². The summed E-state index contributed by atoms with van der Waals surface area (Å²) in [6.45, 7) is 3.65. The Morgan fingerprint density at radius 1 is 1.21 bits per heavy atom. The molecule has 1 aromatic rings. The third-order valence-corrected chi connectivity index (χ3v) is 4.59. The normalized spacial score (nSPS) is 11.7. The van der Waals surface area contributed by atoms with Crippen LogP contribution >= 0.6 is 0 Å². The molecule has 0 aliphatic carbocycles. The van der Waals surface area contributed by atoms with Crippen molar-refractivity contribution in [2.75, 3.05) is 25.2 Å². The van der Waals surface area contributed by atoms with Crippen LogP contribution in [0.25, 0.3) is 0 Å². The van der Waals surface area contributed by atoms with Crippen molar-refractivity contribution < 1.29 is 13.2 Å². The lowest BCUT2D eigenvalue weighted by Crippen LogP contribution is -2.24. The number of methoxy groups -OCH3 is 1. The second-order valence-corrected chi connectivity index (χ2v) is 6.89. The Hall–Kier alpha value is -0.910. The third kappa shape index (κ3) is 6.71. The maximum absolute atomic E-state index is 11.5. The number of benzene rings is 1. The summed E-state index contributed by atoms with van der Waals surface area (Å²) in [4.78, 5) is 0. The van der Waals surface area contributed by atoms with Crippen LogP contribution in [0.15, 0.2) is 24.3 Å². The Labute approximate surface area is 116 Å². The van der Waals surface area contributed by atoms with Gasteiger partial charge < -0.3 is 10.1 Å². The summed E-state index contributed by atoms with van der Waals surface area (Å²) in [5, 5.41) is 3.17. The van der Waals surface area contributed by atoms with E-state index in [1.165, 1.54) is 0 Å². The first-order valence-electron chi connectivity index (χ1n) is 6.55. The minimum atomic E-state index is -2.89. The summed E-state index contributed by atoms with van der Waals surface area (Å²) < 4.78 is 28.1. The van der Waals surface area contributed by atoms with Crippen LogP contribution in [0, 0.1) is 0 Å². The lowest BCUT2D eigenvalue weighted by molar-refractivity contribution is 0.185. The fourth-order valence-electron chi connectivity index (χ4n) is 1.87. The minimum absolute atomic E-state index is 0.207. The summed E-state index contributed by atoms with van der Waals surface area (Å²) in [5.41, 5.74) is 2.27. The van der Waals surface area contributed by atoms with Crippen molar-refractivity contribution >= 4 is 9.84 Å². The number of hydrogen-bond donors (Lipinski definition) is 1. The van der Waals surface area contributed by atoms with E-state index in [9.17, 15) is 8.42 Å². The second-order valence-electron chi connectivity index (χ2n) is 4.58. The van der Waals surface area contributed by atoms with Gasteiger partial charge in [0.2, 0.25) is 0 Å². The first kappa shape index (κ1) is 16.1. The molecular formula is C14H23NO3S. The predicted octanol–water partition coefficient (Wildman–Crippen LogP) is 1.75. The van der Waals surface area contributed by atoms with Crippen molar-refractivity contribution in [3.8, 4) is 0 Å². The van der Waals surface area contributed by atoms with E-state index in [0.29, 0.717) is 26.1 Å². The van der Waals surface area contributed by atoms with E-state index in [2.05, 4.69) is 11.4 Å². The number of sulfone groups is 1. The zero-order chi connectivity index (χ0) is 14.1. The van der Waals surface area contributed by atoms with Crippen LogP contribution in [-0.2, 0) is 27.7 Å². The molecule has 0 heterocycles. The lowest BCUT2D eigenvalue weighted by atomic mass is 10.1. The van der Waals surface area contributed by atoms with E-state index in [0.717, 1.165) is 11.1 Å². The van der Waals surface area contributed by atoms with Gasteiger partial charge in [-0.15, -0.1) is 0 Å². The number of hydrogen-bond acceptors (Lipinski definition) is 4. The number of ether oxygens (including phenoxy) is 1. The largest absolute Gasteiger partial charge is 0.380 e. The van der Waals surface area contributed by atoms with E-state index < -0.39 is 9.84 Å². The van der Waals surface area contributed by atoms with Crippen molar-refractivity contribution in [1.82, 2.24) is 5.32 Å². The van der Waals surface area contributed by atoms with Gasteiger partial charge in [-0.25, -0.2) is 8.42 Å². The average molecular weight is 285 g/mol. The Balaban J connectivity index is 2.35. The van der Waals surface area contributed by atoms with Crippen LogP contribution in [0.1, 0.15) is 24.5 Å². The van der Waals surface area contributed by atoms with Gasteiger partial charge >= 0.3 is 0 Å². The summed E-state index contributed by atoms with van der Waals surface area (Å²) in [6, 6.07) is 8.08. The molecule has 19 heavy (non-hydrogen) atoms. The van der Waals surface area contributed by atoms with Crippen molar-refractivity contribution in [1.29, 1.82) is 0 Å². The average Bonchev–Trinajstić information content (AvgIpc) is 2.36. The molecule has 0 unspecified atom stereocenters. The number of nitrogens with one attached hydrogen (secondary N) is 1. The van der Waals surface area contributed by atoms with Gasteiger partial charge in [0.25, 0.3) is 0 Å². The van der Waals surface area contributed by atoms with Gasteiger partial charge in [0.15, 0.2) is 9.84 Å². The molecule has 0 saturated carbocycles. The fourth-order valence-corrected chi connectivity index (χ4v) is 3.15. The van der Waals surface area contributed by atoms with Gasteiger partial charge in [-0.1, -0.05) is 31.2 Å². The molecule has 1 aromatic carbocycles. The van der Waals surface area contributed by atoms with Crippen LogP contribution in [0.5, 0.6) is 0 Å². The zero-order valence-corrected chi connectivity index (χ0v) is 12.5. The van der Waals surface area contributed by atoms with Gasteiger partial charge in [0.1, 0.15) is 0 Å². The topological polar surface area (TPSA) is 55.4 Å². The predicted molar refractivity (Wildman–Crippen MR) is 77.8 cm³/mol. The van der Waals surface area contributed by atoms with Crippen LogP contribution in [0.4, 0.5) is 0 Å². The Kier molecular flexibility index (Phi) is 7.05. The molecule has 4 nitrogen and oxygen atoms in total. The molecule has 0 aliphatic rings. The SMILES string of the molecule is CCCS(=O)(=O)CCNCc1cccc(COC)c1. The zero-order valence-electron chi connectivity index (χ0n) is 11.7. The molecule has 0 atom stereocenters. The maximum Gasteiger partial charge on any atom is 0.151 e. The molecule has 5 heteroatoms. The van der Waals surface area contributed by atoms with Crippen LogP contribution < -0.4 is 5.32 Å². The van der Waals surface area contributed by atoms with Crippen molar-refractivity contribution in [2.45, 2.75) is 26.5 Å². The summed E-state index contributed by atoms with van der Waals surface area (Å²) in [6.07, 6.45) is 0.682. The Morgan fingerprint density at radius 2 is 1.95 bits per heavy atom. The highest BCUT2D eigenvalue weighted by molar-refractivity contribution is 7.91. The Bertz CT molecular complexity index is 471. The smallest absolute Gasteiger partial charge is 0.151 e. The highest BCUT2D eigenvalue weighted by Crippen LogP contribution is 2.06. The molecule has 108 valence electrons. The molecule has 0 fully saturated rings. The molecule has 1 N–H and O–H groups in total. The van der Waals surface area contributed by atoms with E-state index in [4.69, 9.17) is 4.74 Å². The fraction of sp³-hybridized carbons (Fsp3) is 0.571. The van der Waals surface area contributed by atoms with E-state index >= 15 is 0 Å². The number of rotatable bonds is 9. The van der Waals surface area contributed by atoms with E-state index in [1.54, 1.807) is 7.11 Å². The molecule has 0 bridgehead atoms. The van der Waals surface area contributed by atoms with Crippen molar-refractivity contribution in [3.05, 3.63) is 35.4 Å². The molecular weight excluding hydrogens is 262 g/mol. The lowest BCUT2D eigenvalue weighted by Gasteiger charge is -2.07. The first-order valence-corrected chi connectivity index (χ1v) is 8.37. The molecule has 0 spiro atoms. The second kappa shape index (κ2) is 8.30. The highest BCUT2D eigenvalue weighted by Gasteiger charge is 2.08. The highest BCUT2D eigenvalue weighted by atomic mass is 32.2. The summed E-state index contributed by atoms with van der Waals surface area (Å²) >= 11 is 0. The van der Waals surface area contributed by atoms with Gasteiger partial charge in [-0.05, 0) is 17.5 Å². The van der Waals surface area contributed by atoms with Gasteiger partial charge in [-0.3, -0.25) is 0 Å². The van der Waals surface area contributed by atoms with E-state index in [-0.39, 0.29) is 11.5 Å². The summed E-state index contributed by atoms with van der Waals surface area (Å²) in [5.74, 6) is 0.483. The van der Waals surface area contributed by atoms with Crippen LogP contribution in [-0.4, -0.2) is 33.6 Å². The molecule has 1 rings (SSSR count). The molecule has 0 aromatic heterocycles. The third-order valence-electron chi connectivity index (χ3n) is 2.74. The Morgan fingerprint density at radius 3 is 2.63 bits per heavy atom.